The molecule has 0 bridgehead atoms. The molecule has 1 heterocycles. The summed E-state index contributed by atoms with van der Waals surface area (Å²) in [6, 6.07) is 3.79. The first-order valence-electron chi connectivity index (χ1n) is 6.47. The second kappa shape index (κ2) is 5.79. The minimum atomic E-state index is -0.524. The Hall–Kier alpha value is -1.62. The summed E-state index contributed by atoms with van der Waals surface area (Å²) in [5.74, 6) is 0.233. The number of rotatable bonds is 5. The van der Waals surface area contributed by atoms with Gasteiger partial charge in [-0.1, -0.05) is 13.8 Å². The van der Waals surface area contributed by atoms with Gasteiger partial charge in [0, 0.05) is 18.4 Å². The summed E-state index contributed by atoms with van der Waals surface area (Å²) in [5.41, 5.74) is 6.73. The van der Waals surface area contributed by atoms with E-state index in [0.29, 0.717) is 29.2 Å². The number of primary amides is 1. The molecule has 0 aliphatic heterocycles. The van der Waals surface area contributed by atoms with Gasteiger partial charge in [0.2, 0.25) is 5.91 Å². The molecule has 2 aromatic rings. The van der Waals surface area contributed by atoms with Crippen molar-refractivity contribution in [3.05, 3.63) is 29.8 Å². The Balaban J connectivity index is 2.70. The van der Waals surface area contributed by atoms with Gasteiger partial charge < -0.3 is 10.3 Å². The highest BCUT2D eigenvalue weighted by molar-refractivity contribution is 6.17. The Bertz CT molecular complexity index is 639. The predicted molar refractivity (Wildman–Crippen MR) is 77.2 cm³/mol. The van der Waals surface area contributed by atoms with Crippen LogP contribution in [0.15, 0.2) is 18.2 Å². The van der Waals surface area contributed by atoms with Gasteiger partial charge in [0.1, 0.15) is 17.7 Å². The third kappa shape index (κ3) is 2.63. The lowest BCUT2D eigenvalue weighted by Gasteiger charge is -2.22. The second-order valence-electron chi connectivity index (χ2n) is 5.06. The van der Waals surface area contributed by atoms with E-state index in [0.717, 1.165) is 0 Å². The summed E-state index contributed by atoms with van der Waals surface area (Å²) in [6.07, 6.45) is 0.494. The van der Waals surface area contributed by atoms with Gasteiger partial charge in [0.15, 0.2) is 0 Å². The molecule has 2 N–H and O–H groups in total. The van der Waals surface area contributed by atoms with Gasteiger partial charge in [0.05, 0.1) is 11.0 Å². The molecule has 0 saturated heterocycles. The highest BCUT2D eigenvalue weighted by Gasteiger charge is 2.26. The van der Waals surface area contributed by atoms with Crippen LogP contribution in [-0.2, 0) is 11.2 Å². The van der Waals surface area contributed by atoms with E-state index in [4.69, 9.17) is 17.3 Å². The van der Waals surface area contributed by atoms with Crippen molar-refractivity contribution in [2.45, 2.75) is 26.3 Å². The maximum Gasteiger partial charge on any atom is 0.240 e. The van der Waals surface area contributed by atoms with E-state index in [1.54, 1.807) is 10.6 Å². The zero-order valence-corrected chi connectivity index (χ0v) is 12.2. The Morgan fingerprint density at radius 2 is 2.20 bits per heavy atom. The fourth-order valence-electron chi connectivity index (χ4n) is 2.45. The minimum absolute atomic E-state index is 0.00373. The van der Waals surface area contributed by atoms with Crippen LogP contribution in [0.5, 0.6) is 0 Å². The molecule has 0 fully saturated rings. The first-order chi connectivity index (χ1) is 9.45. The molecule has 1 unspecified atom stereocenters. The number of nitrogens with two attached hydrogens (primary N) is 1. The Morgan fingerprint density at radius 3 is 2.75 bits per heavy atom. The molecule has 108 valence electrons. The van der Waals surface area contributed by atoms with Crippen LogP contribution in [0.1, 0.15) is 25.7 Å². The lowest BCUT2D eigenvalue weighted by Crippen LogP contribution is -2.31. The number of benzene rings is 1. The maximum atomic E-state index is 13.3. The number of amides is 1. The number of halogens is 2. The highest BCUT2D eigenvalue weighted by Crippen LogP contribution is 2.27. The van der Waals surface area contributed by atoms with Gasteiger partial charge in [-0.25, -0.2) is 9.37 Å². The van der Waals surface area contributed by atoms with Crippen LogP contribution in [0, 0.1) is 11.7 Å². The number of carbonyl (C=O) groups is 1. The van der Waals surface area contributed by atoms with Crippen LogP contribution in [0.25, 0.3) is 11.0 Å². The molecule has 0 aliphatic carbocycles. The summed E-state index contributed by atoms with van der Waals surface area (Å²) >= 11 is 5.79. The number of aromatic nitrogens is 2. The Kier molecular flexibility index (Phi) is 4.28. The molecular formula is C14H17ClFN3O. The molecule has 0 saturated carbocycles. The lowest BCUT2D eigenvalue weighted by atomic mass is 10.0. The smallest absolute Gasteiger partial charge is 0.240 e. The molecule has 1 atom stereocenters. The largest absolute Gasteiger partial charge is 0.368 e. The topological polar surface area (TPSA) is 60.9 Å². The summed E-state index contributed by atoms with van der Waals surface area (Å²) in [7, 11) is 0. The molecule has 1 amide bonds. The van der Waals surface area contributed by atoms with Crippen molar-refractivity contribution in [1.82, 2.24) is 9.55 Å². The number of alkyl halides is 1. The van der Waals surface area contributed by atoms with E-state index in [2.05, 4.69) is 4.98 Å². The van der Waals surface area contributed by atoms with E-state index < -0.39 is 11.9 Å². The van der Waals surface area contributed by atoms with E-state index >= 15 is 0 Å². The maximum absolute atomic E-state index is 13.3. The summed E-state index contributed by atoms with van der Waals surface area (Å²) in [4.78, 5) is 16.2. The van der Waals surface area contributed by atoms with Crippen molar-refractivity contribution in [3.8, 4) is 0 Å². The van der Waals surface area contributed by atoms with E-state index in [1.807, 2.05) is 13.8 Å². The zero-order valence-electron chi connectivity index (χ0n) is 11.4. The van der Waals surface area contributed by atoms with Crippen molar-refractivity contribution in [2.24, 2.45) is 11.7 Å². The van der Waals surface area contributed by atoms with E-state index in [9.17, 15) is 9.18 Å². The quantitative estimate of drug-likeness (QED) is 0.862. The Labute approximate surface area is 121 Å². The van der Waals surface area contributed by atoms with Crippen molar-refractivity contribution in [3.63, 3.8) is 0 Å². The fraction of sp³-hybridized carbons (Fsp3) is 0.429. The standard InChI is InChI=1S/C14H17ClFN3O/c1-8(2)13(14(17)20)19-11-4-3-9(16)7-10(11)18-12(19)5-6-15/h3-4,7-8,13H,5-6H2,1-2H3,(H2,17,20). The molecule has 6 heteroatoms. The van der Waals surface area contributed by atoms with Gasteiger partial charge in [-0.3, -0.25) is 4.79 Å². The Morgan fingerprint density at radius 1 is 1.50 bits per heavy atom. The number of fused-ring (bicyclic) bond motifs is 1. The third-order valence-corrected chi connectivity index (χ3v) is 3.43. The normalized spacial score (nSPS) is 13.1. The van der Waals surface area contributed by atoms with Crippen molar-refractivity contribution >= 4 is 28.5 Å². The molecule has 0 radical (unpaired) electrons. The lowest BCUT2D eigenvalue weighted by molar-refractivity contribution is -0.122. The summed E-state index contributed by atoms with van der Waals surface area (Å²) in [6.45, 7) is 3.82. The molecule has 2 rings (SSSR count). The first-order valence-corrected chi connectivity index (χ1v) is 7.00. The third-order valence-electron chi connectivity index (χ3n) is 3.24. The predicted octanol–water partition coefficient (Wildman–Crippen LogP) is 2.64. The van der Waals surface area contributed by atoms with Crippen LogP contribution in [0.3, 0.4) is 0 Å². The first kappa shape index (κ1) is 14.8. The van der Waals surface area contributed by atoms with Gasteiger partial charge >= 0.3 is 0 Å². The van der Waals surface area contributed by atoms with E-state index in [1.165, 1.54) is 12.1 Å². The SMILES string of the molecule is CC(C)C(C(N)=O)n1c(CCCl)nc2cc(F)ccc21. The number of hydrogen-bond acceptors (Lipinski definition) is 2. The van der Waals surface area contributed by atoms with Crippen molar-refractivity contribution in [1.29, 1.82) is 0 Å². The zero-order chi connectivity index (χ0) is 14.9. The van der Waals surface area contributed by atoms with Gasteiger partial charge in [-0.2, -0.15) is 0 Å². The molecule has 4 nitrogen and oxygen atoms in total. The van der Waals surface area contributed by atoms with Crippen LogP contribution in [0.4, 0.5) is 4.39 Å². The van der Waals surface area contributed by atoms with E-state index in [-0.39, 0.29) is 11.7 Å². The number of nitrogens with zero attached hydrogens (tertiary/aromatic N) is 2. The molecule has 0 aliphatic rings. The molecule has 20 heavy (non-hydrogen) atoms. The molecule has 1 aromatic carbocycles. The second-order valence-corrected chi connectivity index (χ2v) is 5.44. The van der Waals surface area contributed by atoms with Crippen molar-refractivity contribution in [2.75, 3.05) is 5.88 Å². The highest BCUT2D eigenvalue weighted by atomic mass is 35.5. The fourth-order valence-corrected chi connectivity index (χ4v) is 2.62. The van der Waals surface area contributed by atoms with Crippen LogP contribution >= 0.6 is 11.6 Å². The number of hydrogen-bond donors (Lipinski definition) is 1. The number of aryl methyl sites for hydroxylation is 1. The monoisotopic (exact) mass is 297 g/mol. The van der Waals surface area contributed by atoms with Crippen LogP contribution < -0.4 is 5.73 Å². The summed E-state index contributed by atoms with van der Waals surface area (Å²) < 4.78 is 15.1. The number of carbonyl (C=O) groups excluding carboxylic acids is 1. The van der Waals surface area contributed by atoms with Gasteiger partial charge in [-0.05, 0) is 18.1 Å². The van der Waals surface area contributed by atoms with Crippen molar-refractivity contribution < 1.29 is 9.18 Å². The molecule has 0 spiro atoms. The summed E-state index contributed by atoms with van der Waals surface area (Å²) in [5, 5.41) is 0. The van der Waals surface area contributed by atoms with Gasteiger partial charge in [0.25, 0.3) is 0 Å². The minimum Gasteiger partial charge on any atom is -0.368 e. The average Bonchev–Trinajstić information content (AvgIpc) is 2.67. The molecular weight excluding hydrogens is 281 g/mol. The van der Waals surface area contributed by atoms with Gasteiger partial charge in [-0.15, -0.1) is 11.6 Å². The van der Waals surface area contributed by atoms with Crippen LogP contribution in [-0.4, -0.2) is 21.3 Å². The molecule has 1 aromatic heterocycles. The van der Waals surface area contributed by atoms with Crippen LogP contribution in [0.2, 0.25) is 0 Å². The average molecular weight is 298 g/mol. The number of imidazole rings is 1.